The van der Waals surface area contributed by atoms with Gasteiger partial charge in [0.15, 0.2) is 12.8 Å². The fraction of sp³-hybridized carbons (Fsp3) is 0.429. The molecule has 0 aliphatic carbocycles. The maximum Gasteiger partial charge on any atom is 0.170 e. The molecule has 18 heavy (non-hydrogen) atoms. The molecule has 0 spiro atoms. The maximum absolute atomic E-state index is 5.39. The van der Waals surface area contributed by atoms with Gasteiger partial charge in [0, 0.05) is 12.8 Å². The fourth-order valence-corrected chi connectivity index (χ4v) is 2.30. The molecule has 2 unspecified atom stereocenters. The molecular weight excluding hydrogens is 228 g/mol. The van der Waals surface area contributed by atoms with Gasteiger partial charge in [0.1, 0.15) is 12.2 Å². The summed E-state index contributed by atoms with van der Waals surface area (Å²) < 4.78 is 10.8. The Morgan fingerprint density at radius 2 is 1.50 bits per heavy atom. The summed E-state index contributed by atoms with van der Waals surface area (Å²) in [5, 5.41) is 0. The molecule has 1 aromatic rings. The molecule has 2 atom stereocenters. The lowest BCUT2D eigenvalue weighted by molar-refractivity contribution is 0.232. The molecule has 0 aromatic heterocycles. The number of ether oxygens (including phenoxy) is 2. The highest BCUT2D eigenvalue weighted by Gasteiger charge is 2.15. The molecule has 2 heterocycles. The summed E-state index contributed by atoms with van der Waals surface area (Å²) in [6, 6.07) is 8.59. The summed E-state index contributed by atoms with van der Waals surface area (Å²) in [6.45, 7) is 1.54. The minimum atomic E-state index is 0.200. The summed E-state index contributed by atoms with van der Waals surface area (Å²) in [7, 11) is 0. The predicted octanol–water partition coefficient (Wildman–Crippen LogP) is 1.63. The van der Waals surface area contributed by atoms with E-state index in [9.17, 15) is 0 Å². The molecule has 3 rings (SSSR count). The van der Waals surface area contributed by atoms with Crippen molar-refractivity contribution in [3.05, 3.63) is 35.4 Å². The van der Waals surface area contributed by atoms with E-state index in [4.69, 9.17) is 9.47 Å². The van der Waals surface area contributed by atoms with Crippen LogP contribution >= 0.6 is 0 Å². The van der Waals surface area contributed by atoms with Crippen molar-refractivity contribution in [2.24, 2.45) is 9.98 Å². The van der Waals surface area contributed by atoms with Crippen molar-refractivity contribution in [2.75, 3.05) is 13.1 Å². The van der Waals surface area contributed by atoms with Crippen LogP contribution in [0.2, 0.25) is 0 Å². The second-order valence-corrected chi connectivity index (χ2v) is 4.69. The van der Waals surface area contributed by atoms with Crippen molar-refractivity contribution in [3.63, 3.8) is 0 Å². The first-order valence-corrected chi connectivity index (χ1v) is 6.25. The van der Waals surface area contributed by atoms with Gasteiger partial charge in [-0.1, -0.05) is 24.3 Å². The molecule has 0 fully saturated rings. The van der Waals surface area contributed by atoms with E-state index in [1.54, 1.807) is 12.8 Å². The number of hydrogen-bond donors (Lipinski definition) is 0. The molecule has 1 aromatic carbocycles. The average molecular weight is 244 g/mol. The van der Waals surface area contributed by atoms with Gasteiger partial charge in [-0.2, -0.15) is 0 Å². The lowest BCUT2D eigenvalue weighted by Gasteiger charge is -2.12. The molecule has 0 N–H and O–H groups in total. The monoisotopic (exact) mass is 244 g/mol. The van der Waals surface area contributed by atoms with Crippen LogP contribution in [0.1, 0.15) is 11.1 Å². The van der Waals surface area contributed by atoms with E-state index in [2.05, 4.69) is 34.3 Å². The fourth-order valence-electron chi connectivity index (χ4n) is 2.30. The second-order valence-electron chi connectivity index (χ2n) is 4.69. The molecule has 0 amide bonds. The van der Waals surface area contributed by atoms with Crippen LogP contribution in [0.25, 0.3) is 0 Å². The second kappa shape index (κ2) is 5.21. The smallest absolute Gasteiger partial charge is 0.170 e. The van der Waals surface area contributed by atoms with Gasteiger partial charge in [-0.05, 0) is 11.1 Å². The van der Waals surface area contributed by atoms with E-state index in [0.29, 0.717) is 0 Å². The van der Waals surface area contributed by atoms with Gasteiger partial charge in [0.05, 0.1) is 13.1 Å². The summed E-state index contributed by atoms with van der Waals surface area (Å²) in [5.74, 6) is 0. The number of benzene rings is 1. The van der Waals surface area contributed by atoms with Crippen molar-refractivity contribution >= 4 is 12.8 Å². The lowest BCUT2D eigenvalue weighted by atomic mass is 10.0. The van der Waals surface area contributed by atoms with Crippen molar-refractivity contribution in [1.29, 1.82) is 0 Å². The van der Waals surface area contributed by atoms with Crippen LogP contribution < -0.4 is 0 Å². The zero-order valence-electron chi connectivity index (χ0n) is 10.2. The number of aliphatic imine (C=N–C) groups is 2. The van der Waals surface area contributed by atoms with Crippen molar-refractivity contribution in [3.8, 4) is 0 Å². The Hall–Kier alpha value is -1.84. The van der Waals surface area contributed by atoms with Gasteiger partial charge in [0.25, 0.3) is 0 Å². The molecule has 0 radical (unpaired) electrons. The van der Waals surface area contributed by atoms with Gasteiger partial charge in [-0.15, -0.1) is 0 Å². The highest BCUT2D eigenvalue weighted by Crippen LogP contribution is 2.14. The minimum absolute atomic E-state index is 0.200. The van der Waals surface area contributed by atoms with E-state index >= 15 is 0 Å². The Bertz CT molecular complexity index is 415. The number of nitrogens with zero attached hydrogens (tertiary/aromatic N) is 2. The van der Waals surface area contributed by atoms with E-state index in [0.717, 1.165) is 25.9 Å². The molecule has 4 heteroatoms. The summed E-state index contributed by atoms with van der Waals surface area (Å²) in [5.41, 5.74) is 2.59. The Labute approximate surface area is 106 Å². The van der Waals surface area contributed by atoms with E-state index < -0.39 is 0 Å². The SMILES string of the molecule is C1=NCC(Cc2cccc(CC3CN=CO3)c2)O1. The molecule has 0 saturated carbocycles. The van der Waals surface area contributed by atoms with Crippen LogP contribution in [0.4, 0.5) is 0 Å². The van der Waals surface area contributed by atoms with Gasteiger partial charge in [-0.3, -0.25) is 9.98 Å². The van der Waals surface area contributed by atoms with Gasteiger partial charge < -0.3 is 9.47 Å². The first-order valence-electron chi connectivity index (χ1n) is 6.25. The van der Waals surface area contributed by atoms with Crippen molar-refractivity contribution in [1.82, 2.24) is 0 Å². The van der Waals surface area contributed by atoms with Crippen LogP contribution in [0.15, 0.2) is 34.3 Å². The molecule has 94 valence electrons. The first kappa shape index (κ1) is 11.3. The molecule has 4 nitrogen and oxygen atoms in total. The van der Waals surface area contributed by atoms with Crippen LogP contribution in [-0.2, 0) is 22.3 Å². The van der Waals surface area contributed by atoms with E-state index in [1.165, 1.54) is 11.1 Å². The Morgan fingerprint density at radius 3 is 1.94 bits per heavy atom. The molecule has 2 aliphatic heterocycles. The Morgan fingerprint density at radius 1 is 0.944 bits per heavy atom. The maximum atomic E-state index is 5.39. The standard InChI is InChI=1S/C14H16N2O2/c1-2-11(5-13-7-15-9-17-13)4-12(3-1)6-14-8-16-10-18-14/h1-4,9-10,13-14H,5-8H2. The third-order valence-electron chi connectivity index (χ3n) is 3.19. The van der Waals surface area contributed by atoms with Crippen LogP contribution in [0.5, 0.6) is 0 Å². The summed E-state index contributed by atoms with van der Waals surface area (Å²) in [6.07, 6.45) is 5.33. The molecular formula is C14H16N2O2. The zero-order chi connectivity index (χ0) is 12.2. The van der Waals surface area contributed by atoms with Gasteiger partial charge in [-0.25, -0.2) is 0 Å². The predicted molar refractivity (Wildman–Crippen MR) is 70.3 cm³/mol. The Balaban J connectivity index is 1.61. The summed E-state index contributed by atoms with van der Waals surface area (Å²) in [4.78, 5) is 8.17. The van der Waals surface area contributed by atoms with Gasteiger partial charge in [0.2, 0.25) is 0 Å². The third kappa shape index (κ3) is 2.70. The largest absolute Gasteiger partial charge is 0.478 e. The number of hydrogen-bond acceptors (Lipinski definition) is 4. The first-order chi connectivity index (χ1) is 8.90. The quantitative estimate of drug-likeness (QED) is 0.808. The van der Waals surface area contributed by atoms with E-state index in [-0.39, 0.29) is 12.2 Å². The van der Waals surface area contributed by atoms with Crippen LogP contribution in [0, 0.1) is 0 Å². The van der Waals surface area contributed by atoms with Crippen molar-refractivity contribution in [2.45, 2.75) is 25.0 Å². The van der Waals surface area contributed by atoms with Gasteiger partial charge >= 0.3 is 0 Å². The topological polar surface area (TPSA) is 43.2 Å². The highest BCUT2D eigenvalue weighted by atomic mass is 16.5. The zero-order valence-corrected chi connectivity index (χ0v) is 10.2. The number of rotatable bonds is 4. The molecule has 2 aliphatic rings. The third-order valence-corrected chi connectivity index (χ3v) is 3.19. The lowest BCUT2D eigenvalue weighted by Crippen LogP contribution is -2.15. The normalized spacial score (nSPS) is 25.1. The average Bonchev–Trinajstić information content (AvgIpc) is 3.03. The van der Waals surface area contributed by atoms with Crippen molar-refractivity contribution < 1.29 is 9.47 Å². The molecule has 0 bridgehead atoms. The highest BCUT2D eigenvalue weighted by molar-refractivity contribution is 5.49. The minimum Gasteiger partial charge on any atom is -0.478 e. The summed E-state index contributed by atoms with van der Waals surface area (Å²) >= 11 is 0. The molecule has 0 saturated heterocycles. The van der Waals surface area contributed by atoms with Crippen LogP contribution in [0.3, 0.4) is 0 Å². The van der Waals surface area contributed by atoms with E-state index in [1.807, 2.05) is 0 Å². The Kier molecular flexibility index (Phi) is 3.26. The van der Waals surface area contributed by atoms with Crippen LogP contribution in [-0.4, -0.2) is 38.1 Å².